The summed E-state index contributed by atoms with van der Waals surface area (Å²) >= 11 is 1.12. The van der Waals surface area contributed by atoms with E-state index in [1.165, 1.54) is 6.07 Å². The minimum atomic E-state index is -3.95. The third kappa shape index (κ3) is 5.90. The van der Waals surface area contributed by atoms with Gasteiger partial charge in [0.1, 0.15) is 4.99 Å². The molecular weight excluding hydrogens is 519 g/mol. The zero-order valence-corrected chi connectivity index (χ0v) is 22.0. The number of aromatic amines is 1. The highest BCUT2D eigenvalue weighted by atomic mass is 32.2. The van der Waals surface area contributed by atoms with E-state index in [0.29, 0.717) is 10.5 Å². The fourth-order valence-corrected chi connectivity index (χ4v) is 7.84. The van der Waals surface area contributed by atoms with Crippen molar-refractivity contribution in [3.8, 4) is 0 Å². The summed E-state index contributed by atoms with van der Waals surface area (Å²) in [4.78, 5) is 14.1. The summed E-state index contributed by atoms with van der Waals surface area (Å²) in [5.41, 5.74) is 3.15. The largest absolute Gasteiger partial charge is 0.361 e. The van der Waals surface area contributed by atoms with Gasteiger partial charge in [-0.2, -0.15) is 0 Å². The highest BCUT2D eigenvalue weighted by Crippen LogP contribution is 2.69. The first-order valence-electron chi connectivity index (χ1n) is 12.0. The molecule has 0 radical (unpaired) electrons. The van der Waals surface area contributed by atoms with Crippen molar-refractivity contribution in [3.63, 3.8) is 0 Å². The van der Waals surface area contributed by atoms with Gasteiger partial charge in [0, 0.05) is 28.7 Å². The number of nitrogens with one attached hydrogen (secondary N) is 1. The minimum absolute atomic E-state index is 0.0587. The van der Waals surface area contributed by atoms with Crippen molar-refractivity contribution in [2.75, 3.05) is 0 Å². The molecule has 1 unspecified atom stereocenters. The third-order valence-corrected chi connectivity index (χ3v) is 9.98. The van der Waals surface area contributed by atoms with Gasteiger partial charge in [-0.25, -0.2) is 0 Å². The van der Waals surface area contributed by atoms with E-state index >= 15 is 0 Å². The van der Waals surface area contributed by atoms with E-state index < -0.39 is 17.5 Å². The molecule has 0 bridgehead atoms. The number of nitrogens with zero attached hydrogens (tertiary/aromatic N) is 1. The Bertz CT molecular complexity index is 1530. The molecule has 9 heteroatoms. The van der Waals surface area contributed by atoms with E-state index in [9.17, 15) is 14.7 Å². The first-order chi connectivity index (χ1) is 18.5. The molecule has 192 valence electrons. The van der Waals surface area contributed by atoms with Gasteiger partial charge in [0.05, 0.1) is 23.0 Å². The summed E-state index contributed by atoms with van der Waals surface area (Å²) in [5, 5.41) is 12.7. The summed E-state index contributed by atoms with van der Waals surface area (Å²) in [7, 11) is -3.95. The van der Waals surface area contributed by atoms with Crippen LogP contribution in [0.1, 0.15) is 21.7 Å². The zero-order valence-electron chi connectivity index (χ0n) is 20.3. The summed E-state index contributed by atoms with van der Waals surface area (Å²) in [6.45, 7) is 0.117. The van der Waals surface area contributed by atoms with Gasteiger partial charge in [0.25, 0.3) is 5.69 Å². The van der Waals surface area contributed by atoms with E-state index in [1.54, 1.807) is 24.4 Å². The van der Waals surface area contributed by atoms with E-state index in [1.807, 2.05) is 84.9 Å². The number of thioether (sulfide) groups is 1. The van der Waals surface area contributed by atoms with Gasteiger partial charge < -0.3 is 14.0 Å². The molecule has 0 fully saturated rings. The van der Waals surface area contributed by atoms with Crippen molar-refractivity contribution in [3.05, 3.63) is 142 Å². The lowest BCUT2D eigenvalue weighted by atomic mass is 10.2. The van der Waals surface area contributed by atoms with Gasteiger partial charge >= 0.3 is 7.60 Å². The molecule has 5 aromatic rings. The number of aromatic nitrogens is 1. The molecule has 0 amide bonds. The third-order valence-electron chi connectivity index (χ3n) is 5.98. The molecular formula is C29H25N2O5PS. The predicted octanol–water partition coefficient (Wildman–Crippen LogP) is 8.49. The van der Waals surface area contributed by atoms with Crippen LogP contribution in [0.25, 0.3) is 10.9 Å². The standard InChI is InChI=1S/C29H25N2O5PS/c32-31(33)27-17-9-10-18-28(27)38-29(25-19-30-26-16-8-7-15-24(25)26)37(34,35-20-22-11-3-1-4-12-22)36-21-23-13-5-2-6-14-23/h1-19,29-30H,20-21H2. The van der Waals surface area contributed by atoms with E-state index in [0.717, 1.165) is 33.8 Å². The highest BCUT2D eigenvalue weighted by Gasteiger charge is 2.41. The quantitative estimate of drug-likeness (QED) is 0.0775. The summed E-state index contributed by atoms with van der Waals surface area (Å²) in [6, 6.07) is 33.0. The second-order valence-electron chi connectivity index (χ2n) is 8.54. The molecule has 0 aliphatic rings. The molecule has 0 saturated carbocycles. The lowest BCUT2D eigenvalue weighted by molar-refractivity contribution is -0.387. The summed E-state index contributed by atoms with van der Waals surface area (Å²) in [6.07, 6.45) is 1.78. The Balaban J connectivity index is 1.59. The lowest BCUT2D eigenvalue weighted by Gasteiger charge is -2.27. The van der Waals surface area contributed by atoms with Gasteiger partial charge in [0.2, 0.25) is 0 Å². The summed E-state index contributed by atoms with van der Waals surface area (Å²) in [5.74, 6) is 0. The normalized spacial score (nSPS) is 12.4. The predicted molar refractivity (Wildman–Crippen MR) is 150 cm³/mol. The maximum absolute atomic E-state index is 14.8. The molecule has 0 saturated heterocycles. The highest BCUT2D eigenvalue weighted by molar-refractivity contribution is 8.05. The average molecular weight is 545 g/mol. The molecule has 5 rings (SSSR count). The number of nitro groups is 1. The van der Waals surface area contributed by atoms with Crippen LogP contribution >= 0.6 is 19.4 Å². The summed E-state index contributed by atoms with van der Waals surface area (Å²) < 4.78 is 27.2. The van der Waals surface area contributed by atoms with Gasteiger partial charge in [-0.1, -0.05) is 103 Å². The number of rotatable bonds is 11. The Labute approximate surface area is 224 Å². The van der Waals surface area contributed by atoms with Crippen LogP contribution in [0.5, 0.6) is 0 Å². The molecule has 1 N–H and O–H groups in total. The molecule has 1 heterocycles. The van der Waals surface area contributed by atoms with Gasteiger partial charge in [0.15, 0.2) is 0 Å². The first-order valence-corrected chi connectivity index (χ1v) is 14.5. The number of hydrogen-bond acceptors (Lipinski definition) is 6. The van der Waals surface area contributed by atoms with E-state index in [2.05, 4.69) is 4.98 Å². The van der Waals surface area contributed by atoms with Crippen LogP contribution in [0, 0.1) is 10.1 Å². The average Bonchev–Trinajstić information content (AvgIpc) is 3.39. The fraction of sp³-hybridized carbons (Fsp3) is 0.103. The molecule has 7 nitrogen and oxygen atoms in total. The van der Waals surface area contributed by atoms with Crippen molar-refractivity contribution in [1.29, 1.82) is 0 Å². The van der Waals surface area contributed by atoms with Gasteiger partial charge in [-0.3, -0.25) is 14.7 Å². The topological polar surface area (TPSA) is 94.5 Å². The van der Waals surface area contributed by atoms with Crippen LogP contribution in [0.15, 0.2) is 120 Å². The van der Waals surface area contributed by atoms with Crippen LogP contribution in [0.4, 0.5) is 5.69 Å². The number of H-pyrrole nitrogens is 1. The molecule has 0 aliphatic carbocycles. The van der Waals surface area contributed by atoms with E-state index in [-0.39, 0.29) is 18.9 Å². The lowest BCUT2D eigenvalue weighted by Crippen LogP contribution is -2.05. The Morgan fingerprint density at radius 1 is 0.789 bits per heavy atom. The van der Waals surface area contributed by atoms with Crippen molar-refractivity contribution < 1.29 is 18.5 Å². The fourth-order valence-electron chi connectivity index (χ4n) is 4.07. The smallest absolute Gasteiger partial charge is 0.349 e. The van der Waals surface area contributed by atoms with E-state index in [4.69, 9.17) is 9.05 Å². The van der Waals surface area contributed by atoms with Crippen molar-refractivity contribution >= 4 is 35.9 Å². The molecule has 1 aromatic heterocycles. The molecule has 1 atom stereocenters. The second kappa shape index (κ2) is 11.8. The SMILES string of the molecule is O=[N+]([O-])c1ccccc1SC(c1c[nH]c2ccccc12)P(=O)(OCc1ccccc1)OCc1ccccc1. The Kier molecular flexibility index (Phi) is 8.05. The van der Waals surface area contributed by atoms with Crippen molar-refractivity contribution in [2.45, 2.75) is 23.1 Å². The monoisotopic (exact) mass is 544 g/mol. The number of fused-ring (bicyclic) bond motifs is 1. The van der Waals surface area contributed by atoms with Crippen molar-refractivity contribution in [2.24, 2.45) is 0 Å². The Morgan fingerprint density at radius 2 is 1.34 bits per heavy atom. The molecule has 0 spiro atoms. The second-order valence-corrected chi connectivity index (χ2v) is 12.2. The molecule has 0 aliphatic heterocycles. The number of benzene rings is 4. The van der Waals surface area contributed by atoms with Gasteiger partial charge in [-0.15, -0.1) is 0 Å². The van der Waals surface area contributed by atoms with Crippen LogP contribution in [-0.2, 0) is 26.8 Å². The minimum Gasteiger partial charge on any atom is -0.361 e. The number of hydrogen-bond donors (Lipinski definition) is 1. The first kappa shape index (κ1) is 25.9. The number of nitro benzene ring substituents is 1. The van der Waals surface area contributed by atoms with Crippen molar-refractivity contribution in [1.82, 2.24) is 4.98 Å². The molecule has 4 aromatic carbocycles. The maximum atomic E-state index is 14.8. The molecule has 38 heavy (non-hydrogen) atoms. The van der Waals surface area contributed by atoms with Crippen LogP contribution in [-0.4, -0.2) is 9.91 Å². The van der Waals surface area contributed by atoms with Crippen LogP contribution in [0.2, 0.25) is 0 Å². The Hall–Kier alpha value is -3.68. The van der Waals surface area contributed by atoms with Gasteiger partial charge in [-0.05, 0) is 23.3 Å². The van der Waals surface area contributed by atoms with Crippen LogP contribution in [0.3, 0.4) is 0 Å². The Morgan fingerprint density at radius 3 is 1.97 bits per heavy atom. The van der Waals surface area contributed by atoms with Crippen LogP contribution < -0.4 is 0 Å². The zero-order chi connectivity index (χ0) is 26.4. The maximum Gasteiger partial charge on any atom is 0.349 e. The number of para-hydroxylation sites is 2.